The summed E-state index contributed by atoms with van der Waals surface area (Å²) < 4.78 is 41.9. The molecule has 0 radical (unpaired) electrons. The SMILES string of the molecule is Cc1cc(CN2Cc3c(ccnc3NC(=O)C(C)(C)C)C2=O)ccc1OCC(F)(F)F. The lowest BCUT2D eigenvalue weighted by Crippen LogP contribution is -2.28. The molecule has 9 heteroatoms. The first kappa shape index (κ1) is 22.6. The van der Waals surface area contributed by atoms with E-state index in [2.05, 4.69) is 10.3 Å². The van der Waals surface area contributed by atoms with Gasteiger partial charge in [0.05, 0.1) is 6.54 Å². The Morgan fingerprint density at radius 1 is 1.23 bits per heavy atom. The molecule has 166 valence electrons. The number of carbonyl (C=O) groups is 2. The molecule has 2 amide bonds. The fraction of sp³-hybridized carbons (Fsp3) is 0.409. The third-order valence-corrected chi connectivity index (χ3v) is 4.84. The average Bonchev–Trinajstić information content (AvgIpc) is 2.96. The molecule has 0 saturated carbocycles. The molecule has 1 aliphatic heterocycles. The summed E-state index contributed by atoms with van der Waals surface area (Å²) in [6, 6.07) is 6.42. The standard InChI is InChI=1S/C22H24F3N3O3/c1-13-9-14(5-6-17(13)31-12-22(23,24)25)10-28-11-16-15(19(28)29)7-8-26-18(16)27-20(30)21(2,3)4/h5-9H,10-12H2,1-4H3,(H,26,27,30). The van der Waals surface area contributed by atoms with Gasteiger partial charge in [-0.3, -0.25) is 9.59 Å². The summed E-state index contributed by atoms with van der Waals surface area (Å²) in [5.74, 6) is 0.108. The van der Waals surface area contributed by atoms with Crippen LogP contribution in [0.3, 0.4) is 0 Å². The number of pyridine rings is 1. The van der Waals surface area contributed by atoms with Crippen molar-refractivity contribution in [2.75, 3.05) is 11.9 Å². The van der Waals surface area contributed by atoms with E-state index in [9.17, 15) is 22.8 Å². The Labute approximate surface area is 178 Å². The number of amides is 2. The van der Waals surface area contributed by atoms with E-state index in [1.165, 1.54) is 12.3 Å². The van der Waals surface area contributed by atoms with E-state index in [-0.39, 0.29) is 30.7 Å². The molecule has 0 aliphatic carbocycles. The van der Waals surface area contributed by atoms with Gasteiger partial charge in [-0.1, -0.05) is 32.9 Å². The van der Waals surface area contributed by atoms with Crippen molar-refractivity contribution >= 4 is 17.6 Å². The summed E-state index contributed by atoms with van der Waals surface area (Å²) in [6.45, 7) is 6.19. The number of carbonyl (C=O) groups excluding carboxylic acids is 2. The number of halogens is 3. The van der Waals surface area contributed by atoms with Gasteiger partial charge in [-0.05, 0) is 30.2 Å². The molecule has 1 N–H and O–H groups in total. The highest BCUT2D eigenvalue weighted by Crippen LogP contribution is 2.31. The zero-order valence-electron chi connectivity index (χ0n) is 17.8. The number of rotatable bonds is 5. The largest absolute Gasteiger partial charge is 0.484 e. The van der Waals surface area contributed by atoms with E-state index in [0.29, 0.717) is 22.5 Å². The molecule has 31 heavy (non-hydrogen) atoms. The van der Waals surface area contributed by atoms with Crippen molar-refractivity contribution in [3.8, 4) is 5.75 Å². The van der Waals surface area contributed by atoms with E-state index >= 15 is 0 Å². The number of anilines is 1. The highest BCUT2D eigenvalue weighted by molar-refractivity contribution is 6.02. The Bertz CT molecular complexity index is 1010. The van der Waals surface area contributed by atoms with Gasteiger partial charge in [-0.2, -0.15) is 13.2 Å². The second-order valence-electron chi connectivity index (χ2n) is 8.55. The van der Waals surface area contributed by atoms with Crippen LogP contribution in [0.5, 0.6) is 5.75 Å². The molecule has 0 bridgehead atoms. The van der Waals surface area contributed by atoms with Crippen LogP contribution in [0.4, 0.5) is 19.0 Å². The molecule has 1 aromatic carbocycles. The minimum Gasteiger partial charge on any atom is -0.484 e. The second-order valence-corrected chi connectivity index (χ2v) is 8.55. The predicted molar refractivity (Wildman–Crippen MR) is 109 cm³/mol. The number of aromatic nitrogens is 1. The Morgan fingerprint density at radius 2 is 1.94 bits per heavy atom. The summed E-state index contributed by atoms with van der Waals surface area (Å²) in [7, 11) is 0. The lowest BCUT2D eigenvalue weighted by atomic mass is 9.95. The van der Waals surface area contributed by atoms with Gasteiger partial charge >= 0.3 is 6.18 Å². The summed E-state index contributed by atoms with van der Waals surface area (Å²) in [5.41, 5.74) is 1.81. The molecule has 2 aromatic rings. The number of aryl methyl sites for hydroxylation is 1. The Kier molecular flexibility index (Phi) is 5.98. The van der Waals surface area contributed by atoms with Gasteiger partial charge in [0.1, 0.15) is 11.6 Å². The number of alkyl halides is 3. The monoisotopic (exact) mass is 435 g/mol. The molecule has 0 unspecified atom stereocenters. The number of hydrogen-bond acceptors (Lipinski definition) is 4. The molecule has 3 rings (SSSR count). The van der Waals surface area contributed by atoms with Crippen molar-refractivity contribution in [1.82, 2.24) is 9.88 Å². The minimum atomic E-state index is -4.41. The van der Waals surface area contributed by atoms with Crippen molar-refractivity contribution < 1.29 is 27.5 Å². The van der Waals surface area contributed by atoms with E-state index in [1.807, 2.05) is 0 Å². The number of benzene rings is 1. The molecule has 2 heterocycles. The molecule has 6 nitrogen and oxygen atoms in total. The number of ether oxygens (including phenoxy) is 1. The molecule has 0 spiro atoms. The van der Waals surface area contributed by atoms with Gasteiger partial charge in [0.15, 0.2) is 6.61 Å². The van der Waals surface area contributed by atoms with Crippen molar-refractivity contribution in [1.29, 1.82) is 0 Å². The van der Waals surface area contributed by atoms with Crippen molar-refractivity contribution in [3.63, 3.8) is 0 Å². The Morgan fingerprint density at radius 3 is 2.55 bits per heavy atom. The lowest BCUT2D eigenvalue weighted by Gasteiger charge is -2.19. The van der Waals surface area contributed by atoms with Crippen LogP contribution in [-0.2, 0) is 17.9 Å². The second kappa shape index (κ2) is 8.20. The molecule has 1 aromatic heterocycles. The number of fused-ring (bicyclic) bond motifs is 1. The van der Waals surface area contributed by atoms with Crippen LogP contribution in [0.1, 0.15) is 47.8 Å². The van der Waals surface area contributed by atoms with Crippen molar-refractivity contribution in [3.05, 3.63) is 52.7 Å². The van der Waals surface area contributed by atoms with Crippen molar-refractivity contribution in [2.45, 2.75) is 47.0 Å². The number of hydrogen-bond donors (Lipinski definition) is 1. The van der Waals surface area contributed by atoms with Crippen LogP contribution in [0, 0.1) is 12.3 Å². The first-order valence-corrected chi connectivity index (χ1v) is 9.73. The van der Waals surface area contributed by atoms with E-state index in [0.717, 1.165) is 5.56 Å². The maximum absolute atomic E-state index is 12.8. The van der Waals surface area contributed by atoms with Crippen LogP contribution in [0.25, 0.3) is 0 Å². The smallest absolute Gasteiger partial charge is 0.422 e. The first-order chi connectivity index (χ1) is 14.3. The molecule has 1 aliphatic rings. The van der Waals surface area contributed by atoms with Gasteiger partial charge in [0, 0.05) is 29.3 Å². The fourth-order valence-electron chi connectivity index (χ4n) is 3.17. The van der Waals surface area contributed by atoms with Gasteiger partial charge < -0.3 is 15.0 Å². The van der Waals surface area contributed by atoms with Crippen LogP contribution < -0.4 is 10.1 Å². The average molecular weight is 435 g/mol. The molecular weight excluding hydrogens is 411 g/mol. The topological polar surface area (TPSA) is 71.5 Å². The van der Waals surface area contributed by atoms with E-state index in [1.54, 1.807) is 50.8 Å². The molecule has 0 fully saturated rings. The van der Waals surface area contributed by atoms with Crippen LogP contribution in [0.15, 0.2) is 30.5 Å². The van der Waals surface area contributed by atoms with Crippen LogP contribution >= 0.6 is 0 Å². The predicted octanol–water partition coefficient (Wildman–Crippen LogP) is 4.47. The highest BCUT2D eigenvalue weighted by Gasteiger charge is 2.32. The van der Waals surface area contributed by atoms with Gasteiger partial charge in [0.2, 0.25) is 5.91 Å². The van der Waals surface area contributed by atoms with Gasteiger partial charge in [-0.25, -0.2) is 4.98 Å². The van der Waals surface area contributed by atoms with Crippen molar-refractivity contribution in [2.24, 2.45) is 5.41 Å². The third kappa shape index (κ3) is 5.34. The fourth-order valence-corrected chi connectivity index (χ4v) is 3.17. The van der Waals surface area contributed by atoms with E-state index < -0.39 is 18.2 Å². The number of nitrogens with zero attached hydrogens (tertiary/aromatic N) is 2. The van der Waals surface area contributed by atoms with E-state index in [4.69, 9.17) is 4.74 Å². The minimum absolute atomic E-state index is 0.147. The quantitative estimate of drug-likeness (QED) is 0.752. The zero-order valence-corrected chi connectivity index (χ0v) is 17.8. The molecular formula is C22H24F3N3O3. The number of nitrogens with one attached hydrogen (secondary N) is 1. The normalized spacial score (nSPS) is 13.9. The Balaban J connectivity index is 1.74. The van der Waals surface area contributed by atoms with Crippen LogP contribution in [0.2, 0.25) is 0 Å². The highest BCUT2D eigenvalue weighted by atomic mass is 19.4. The van der Waals surface area contributed by atoms with Gasteiger partial charge in [0.25, 0.3) is 5.91 Å². The summed E-state index contributed by atoms with van der Waals surface area (Å²) in [5, 5.41) is 2.79. The van der Waals surface area contributed by atoms with Crippen LogP contribution in [-0.4, -0.2) is 34.5 Å². The maximum atomic E-state index is 12.8. The van der Waals surface area contributed by atoms with Gasteiger partial charge in [-0.15, -0.1) is 0 Å². The summed E-state index contributed by atoms with van der Waals surface area (Å²) in [4.78, 5) is 31.0. The first-order valence-electron chi connectivity index (χ1n) is 9.73. The lowest BCUT2D eigenvalue weighted by molar-refractivity contribution is -0.153. The molecule has 0 saturated heterocycles. The summed E-state index contributed by atoms with van der Waals surface area (Å²) in [6.07, 6.45) is -2.93. The molecule has 0 atom stereocenters. The summed E-state index contributed by atoms with van der Waals surface area (Å²) >= 11 is 0. The third-order valence-electron chi connectivity index (χ3n) is 4.84. The zero-order chi connectivity index (χ0) is 23.0. The maximum Gasteiger partial charge on any atom is 0.422 e. The Hall–Kier alpha value is -3.10.